The molecule has 0 bridgehead atoms. The van der Waals surface area contributed by atoms with E-state index in [4.69, 9.17) is 5.73 Å². The molecule has 0 amide bonds. The normalized spacial score (nSPS) is 10.8. The average Bonchev–Trinajstić information content (AvgIpc) is 2.71. The van der Waals surface area contributed by atoms with E-state index in [0.29, 0.717) is 12.4 Å². The molecule has 5 nitrogen and oxygen atoms in total. The van der Waals surface area contributed by atoms with E-state index in [2.05, 4.69) is 20.2 Å². The second kappa shape index (κ2) is 3.47. The predicted octanol–water partition coefficient (Wildman–Crippen LogP) is 1.00. The zero-order valence-electron chi connectivity index (χ0n) is 8.03. The van der Waals surface area contributed by atoms with Gasteiger partial charge in [-0.3, -0.25) is 5.10 Å². The largest absolute Gasteiger partial charge is 0.325 e. The first kappa shape index (κ1) is 9.29. The van der Waals surface area contributed by atoms with Gasteiger partial charge in [-0.1, -0.05) is 0 Å². The topological polar surface area (TPSA) is 80.5 Å². The lowest BCUT2D eigenvalue weighted by molar-refractivity contribution is 1.02. The molecule has 0 saturated carbocycles. The Kier molecular flexibility index (Phi) is 2.30. The molecule has 0 aromatic carbocycles. The fraction of sp³-hybridized carbons (Fsp3) is 0.375. The summed E-state index contributed by atoms with van der Waals surface area (Å²) < 4.78 is 0. The van der Waals surface area contributed by atoms with Crippen LogP contribution < -0.4 is 5.73 Å². The maximum Gasteiger partial charge on any atom is 0.193 e. The number of H-pyrrole nitrogens is 1. The SMILES string of the molecule is Cc1nc(-c2sc(CN)nc2C)n[nH]1. The molecular weight excluding hydrogens is 198 g/mol. The number of nitrogens with zero attached hydrogens (tertiary/aromatic N) is 3. The minimum absolute atomic E-state index is 0.467. The number of nitrogens with two attached hydrogens (primary N) is 1. The molecule has 2 rings (SSSR count). The number of hydrogen-bond acceptors (Lipinski definition) is 5. The monoisotopic (exact) mass is 209 g/mol. The highest BCUT2D eigenvalue weighted by atomic mass is 32.1. The van der Waals surface area contributed by atoms with Crippen molar-refractivity contribution >= 4 is 11.3 Å². The Morgan fingerprint density at radius 2 is 2.14 bits per heavy atom. The van der Waals surface area contributed by atoms with E-state index in [1.165, 1.54) is 0 Å². The third-order valence-electron chi connectivity index (χ3n) is 1.82. The van der Waals surface area contributed by atoms with Crippen molar-refractivity contribution in [1.29, 1.82) is 0 Å². The molecule has 3 N–H and O–H groups in total. The second-order valence-corrected chi connectivity index (χ2v) is 4.05. The lowest BCUT2D eigenvalue weighted by Crippen LogP contribution is -1.94. The van der Waals surface area contributed by atoms with Gasteiger partial charge in [0.25, 0.3) is 0 Å². The summed E-state index contributed by atoms with van der Waals surface area (Å²) in [5, 5.41) is 7.81. The molecule has 0 unspecified atom stereocenters. The molecule has 0 spiro atoms. The molecule has 0 fully saturated rings. The van der Waals surface area contributed by atoms with Crippen molar-refractivity contribution < 1.29 is 0 Å². The van der Waals surface area contributed by atoms with E-state index < -0.39 is 0 Å². The molecule has 2 aromatic heterocycles. The summed E-state index contributed by atoms with van der Waals surface area (Å²) in [6.45, 7) is 4.28. The molecule has 2 heterocycles. The zero-order valence-corrected chi connectivity index (χ0v) is 8.85. The summed E-state index contributed by atoms with van der Waals surface area (Å²) in [5.74, 6) is 1.51. The molecule has 6 heteroatoms. The van der Waals surface area contributed by atoms with Crippen LogP contribution in [0.1, 0.15) is 16.5 Å². The van der Waals surface area contributed by atoms with Crippen molar-refractivity contribution in [3.63, 3.8) is 0 Å². The van der Waals surface area contributed by atoms with Crippen LogP contribution in [0.2, 0.25) is 0 Å². The maximum absolute atomic E-state index is 5.51. The summed E-state index contributed by atoms with van der Waals surface area (Å²) in [6.07, 6.45) is 0. The van der Waals surface area contributed by atoms with Gasteiger partial charge in [-0.15, -0.1) is 11.3 Å². The van der Waals surface area contributed by atoms with Gasteiger partial charge >= 0.3 is 0 Å². The first-order valence-electron chi connectivity index (χ1n) is 4.26. The summed E-state index contributed by atoms with van der Waals surface area (Å²) in [7, 11) is 0. The summed E-state index contributed by atoms with van der Waals surface area (Å²) in [5.41, 5.74) is 6.45. The second-order valence-electron chi connectivity index (χ2n) is 2.97. The Morgan fingerprint density at radius 1 is 1.36 bits per heavy atom. The van der Waals surface area contributed by atoms with Crippen LogP contribution in [0.15, 0.2) is 0 Å². The van der Waals surface area contributed by atoms with Crippen molar-refractivity contribution in [3.8, 4) is 10.7 Å². The van der Waals surface area contributed by atoms with Crippen molar-refractivity contribution in [1.82, 2.24) is 20.2 Å². The Balaban J connectivity index is 2.45. The van der Waals surface area contributed by atoms with Crippen LogP contribution in [0.3, 0.4) is 0 Å². The van der Waals surface area contributed by atoms with E-state index in [9.17, 15) is 0 Å². The van der Waals surface area contributed by atoms with Crippen molar-refractivity contribution in [2.24, 2.45) is 5.73 Å². The van der Waals surface area contributed by atoms with E-state index in [1.807, 2.05) is 13.8 Å². The van der Waals surface area contributed by atoms with Crippen molar-refractivity contribution in [2.45, 2.75) is 20.4 Å². The number of rotatable bonds is 2. The molecule has 0 saturated heterocycles. The number of hydrogen-bond donors (Lipinski definition) is 2. The Hall–Kier alpha value is -1.27. The Bertz CT molecular complexity index is 444. The zero-order chi connectivity index (χ0) is 10.1. The molecule has 0 aliphatic rings. The van der Waals surface area contributed by atoms with Gasteiger partial charge in [-0.25, -0.2) is 9.97 Å². The standard InChI is InChI=1S/C8H11N5S/c1-4-7(14-6(3-9)10-4)8-11-5(2)12-13-8/h3,9H2,1-2H3,(H,11,12,13). The van der Waals surface area contributed by atoms with E-state index >= 15 is 0 Å². The number of nitrogens with one attached hydrogen (secondary N) is 1. The van der Waals surface area contributed by atoms with Gasteiger partial charge in [0, 0.05) is 6.54 Å². The van der Waals surface area contributed by atoms with Gasteiger partial charge in [0.15, 0.2) is 5.82 Å². The first-order chi connectivity index (χ1) is 6.70. The van der Waals surface area contributed by atoms with Gasteiger partial charge in [0.05, 0.1) is 10.6 Å². The fourth-order valence-corrected chi connectivity index (χ4v) is 2.07. The maximum atomic E-state index is 5.51. The first-order valence-corrected chi connectivity index (χ1v) is 5.08. The highest BCUT2D eigenvalue weighted by Gasteiger charge is 2.12. The van der Waals surface area contributed by atoms with Crippen molar-refractivity contribution in [3.05, 3.63) is 16.5 Å². The van der Waals surface area contributed by atoms with Crippen molar-refractivity contribution in [2.75, 3.05) is 0 Å². The van der Waals surface area contributed by atoms with E-state index in [0.717, 1.165) is 21.4 Å². The fourth-order valence-electron chi connectivity index (χ4n) is 1.19. The van der Waals surface area contributed by atoms with Gasteiger partial charge < -0.3 is 5.73 Å². The van der Waals surface area contributed by atoms with E-state index in [-0.39, 0.29) is 0 Å². The lowest BCUT2D eigenvalue weighted by Gasteiger charge is -1.87. The van der Waals surface area contributed by atoms with Crippen LogP contribution in [-0.4, -0.2) is 20.2 Å². The van der Waals surface area contributed by atoms with E-state index in [1.54, 1.807) is 11.3 Å². The van der Waals surface area contributed by atoms with Gasteiger partial charge in [0.2, 0.25) is 0 Å². The van der Waals surface area contributed by atoms with Crippen LogP contribution in [-0.2, 0) is 6.54 Å². The predicted molar refractivity (Wildman–Crippen MR) is 54.9 cm³/mol. The average molecular weight is 209 g/mol. The Morgan fingerprint density at radius 3 is 2.64 bits per heavy atom. The van der Waals surface area contributed by atoms with Crippen LogP contribution in [0.25, 0.3) is 10.7 Å². The number of aromatic amines is 1. The summed E-state index contributed by atoms with van der Waals surface area (Å²) >= 11 is 1.54. The lowest BCUT2D eigenvalue weighted by atomic mass is 10.4. The summed E-state index contributed by atoms with van der Waals surface area (Å²) in [4.78, 5) is 9.56. The minimum atomic E-state index is 0.467. The molecule has 2 aromatic rings. The highest BCUT2D eigenvalue weighted by Crippen LogP contribution is 2.26. The molecule has 0 aliphatic carbocycles. The van der Waals surface area contributed by atoms with Crippen LogP contribution >= 0.6 is 11.3 Å². The van der Waals surface area contributed by atoms with Crippen LogP contribution in [0.4, 0.5) is 0 Å². The Labute approximate surface area is 85.4 Å². The smallest absolute Gasteiger partial charge is 0.193 e. The number of aromatic nitrogens is 4. The molecule has 0 aliphatic heterocycles. The molecule has 0 radical (unpaired) electrons. The van der Waals surface area contributed by atoms with Gasteiger partial charge in [-0.2, -0.15) is 5.10 Å². The third-order valence-corrected chi connectivity index (χ3v) is 2.99. The summed E-state index contributed by atoms with van der Waals surface area (Å²) in [6, 6.07) is 0. The highest BCUT2D eigenvalue weighted by molar-refractivity contribution is 7.15. The van der Waals surface area contributed by atoms with Gasteiger partial charge in [0.1, 0.15) is 10.8 Å². The number of aryl methyl sites for hydroxylation is 2. The minimum Gasteiger partial charge on any atom is -0.325 e. The molecular formula is C8H11N5S. The third kappa shape index (κ3) is 1.53. The quantitative estimate of drug-likeness (QED) is 0.773. The van der Waals surface area contributed by atoms with Crippen LogP contribution in [0, 0.1) is 13.8 Å². The van der Waals surface area contributed by atoms with Gasteiger partial charge in [-0.05, 0) is 13.8 Å². The molecule has 74 valence electrons. The molecule has 14 heavy (non-hydrogen) atoms. The number of thiazole rings is 1. The molecule has 0 atom stereocenters. The van der Waals surface area contributed by atoms with Crippen LogP contribution in [0.5, 0.6) is 0 Å².